The van der Waals surface area contributed by atoms with E-state index in [9.17, 15) is 13.2 Å². The highest BCUT2D eigenvalue weighted by molar-refractivity contribution is 7.89. The number of hydrogen-bond acceptors (Lipinski definition) is 3. The summed E-state index contributed by atoms with van der Waals surface area (Å²) in [6.07, 6.45) is 0. The lowest BCUT2D eigenvalue weighted by Crippen LogP contribution is -3.19. The number of primary amides is 1. The van der Waals surface area contributed by atoms with Gasteiger partial charge in [-0.05, 0) is 69.4 Å². The number of quaternary nitrogens is 1. The van der Waals surface area contributed by atoms with Crippen molar-refractivity contribution in [2.75, 3.05) is 26.2 Å². The number of carbonyl (C=O) groups excluding carboxylic acids is 1. The Morgan fingerprint density at radius 1 is 0.960 bits per heavy atom. The van der Waals surface area contributed by atoms with Crippen LogP contribution in [-0.4, -0.2) is 50.9 Å². The van der Waals surface area contributed by atoms with Gasteiger partial charge >= 0.3 is 0 Å². The molecular weight excluding hydrogens is 338 g/mol. The van der Waals surface area contributed by atoms with Crippen molar-refractivity contribution in [3.63, 3.8) is 0 Å². The zero-order chi connectivity index (χ0) is 19.1. The fourth-order valence-electron chi connectivity index (χ4n) is 3.63. The molecule has 0 radical (unpaired) electrons. The van der Waals surface area contributed by atoms with Crippen molar-refractivity contribution in [2.45, 2.75) is 52.5 Å². The van der Waals surface area contributed by atoms with E-state index in [0.717, 1.165) is 32.7 Å². The van der Waals surface area contributed by atoms with Gasteiger partial charge in [0, 0.05) is 0 Å². The van der Waals surface area contributed by atoms with Gasteiger partial charge in [0.05, 0.1) is 31.1 Å². The van der Waals surface area contributed by atoms with Gasteiger partial charge in [-0.3, -0.25) is 4.79 Å². The summed E-state index contributed by atoms with van der Waals surface area (Å²) in [5, 5.41) is 0. The Labute approximate surface area is 151 Å². The Bertz CT molecular complexity index is 765. The van der Waals surface area contributed by atoms with Crippen LogP contribution in [0.4, 0.5) is 0 Å². The van der Waals surface area contributed by atoms with E-state index in [0.29, 0.717) is 31.1 Å². The number of hydrogen-bond donors (Lipinski definition) is 2. The van der Waals surface area contributed by atoms with Crippen molar-refractivity contribution >= 4 is 15.9 Å². The smallest absolute Gasteiger partial charge is 0.275 e. The average Bonchev–Trinajstić information content (AvgIpc) is 2.57. The van der Waals surface area contributed by atoms with Crippen LogP contribution in [0.3, 0.4) is 0 Å². The highest BCUT2D eigenvalue weighted by atomic mass is 32.2. The van der Waals surface area contributed by atoms with E-state index in [1.165, 1.54) is 0 Å². The van der Waals surface area contributed by atoms with Crippen LogP contribution in [0.15, 0.2) is 4.90 Å². The van der Waals surface area contributed by atoms with Crippen molar-refractivity contribution in [2.24, 2.45) is 5.73 Å². The summed E-state index contributed by atoms with van der Waals surface area (Å²) in [5.74, 6) is -0.345. The third-order valence-corrected chi connectivity index (χ3v) is 8.11. The number of nitrogens with two attached hydrogens (primary N) is 1. The van der Waals surface area contributed by atoms with Crippen molar-refractivity contribution in [1.82, 2.24) is 4.31 Å². The maximum Gasteiger partial charge on any atom is 0.275 e. The molecule has 0 unspecified atom stereocenters. The van der Waals surface area contributed by atoms with Crippen molar-refractivity contribution in [3.8, 4) is 0 Å². The largest absolute Gasteiger partial charge is 0.365 e. The molecule has 1 fully saturated rings. The molecule has 1 aromatic rings. The number of carbonyl (C=O) groups is 1. The first-order valence-electron chi connectivity index (χ1n) is 8.71. The van der Waals surface area contributed by atoms with Crippen LogP contribution in [0.5, 0.6) is 0 Å². The van der Waals surface area contributed by atoms with Gasteiger partial charge in [0.15, 0.2) is 6.04 Å². The first-order chi connectivity index (χ1) is 11.5. The number of benzene rings is 1. The lowest BCUT2D eigenvalue weighted by atomic mass is 9.95. The van der Waals surface area contributed by atoms with Crippen molar-refractivity contribution in [1.29, 1.82) is 0 Å². The fourth-order valence-corrected chi connectivity index (χ4v) is 5.63. The van der Waals surface area contributed by atoms with E-state index in [2.05, 4.69) is 0 Å². The summed E-state index contributed by atoms with van der Waals surface area (Å²) in [7, 11) is -3.55. The zero-order valence-electron chi connectivity index (χ0n) is 16.1. The number of piperazine rings is 1. The van der Waals surface area contributed by atoms with Crippen LogP contribution in [0.25, 0.3) is 0 Å². The molecule has 1 saturated heterocycles. The Balaban J connectivity index is 2.35. The molecule has 0 spiro atoms. The summed E-state index contributed by atoms with van der Waals surface area (Å²) in [6.45, 7) is 13.5. The summed E-state index contributed by atoms with van der Waals surface area (Å²) in [6, 6.07) is -0.294. The molecule has 6 nitrogen and oxygen atoms in total. The van der Waals surface area contributed by atoms with Crippen LogP contribution in [0, 0.1) is 34.6 Å². The summed E-state index contributed by atoms with van der Waals surface area (Å²) in [4.78, 5) is 12.9. The molecule has 1 amide bonds. The first kappa shape index (κ1) is 19.9. The standard InChI is InChI=1S/C18H29N3O3S/c1-11-12(2)14(4)17(15(5)13(11)3)25(23,24)21-9-7-20(8-10-21)16(6)18(19)22/h16H,7-10H2,1-6H3,(H2,19,22)/p+1/t16-/m0/s1. The van der Waals surface area contributed by atoms with Gasteiger partial charge in [0.25, 0.3) is 5.91 Å². The zero-order valence-corrected chi connectivity index (χ0v) is 16.9. The molecule has 1 aromatic carbocycles. The van der Waals surface area contributed by atoms with E-state index >= 15 is 0 Å². The molecule has 1 atom stereocenters. The molecule has 25 heavy (non-hydrogen) atoms. The van der Waals surface area contributed by atoms with Crippen LogP contribution >= 0.6 is 0 Å². The van der Waals surface area contributed by atoms with Gasteiger partial charge in [-0.25, -0.2) is 8.42 Å². The molecule has 1 heterocycles. The maximum atomic E-state index is 13.3. The topological polar surface area (TPSA) is 84.9 Å². The highest BCUT2D eigenvalue weighted by Crippen LogP contribution is 2.31. The van der Waals surface area contributed by atoms with Gasteiger partial charge in [-0.2, -0.15) is 4.31 Å². The molecule has 0 bridgehead atoms. The minimum atomic E-state index is -3.55. The molecular formula is C18H30N3O3S+. The molecule has 0 aromatic heterocycles. The second kappa shape index (κ2) is 7.05. The van der Waals surface area contributed by atoms with E-state index in [1.807, 2.05) is 34.6 Å². The number of sulfonamides is 1. The Morgan fingerprint density at radius 3 is 1.76 bits per heavy atom. The lowest BCUT2D eigenvalue weighted by molar-refractivity contribution is -0.917. The molecule has 1 aliphatic rings. The van der Waals surface area contributed by atoms with E-state index in [4.69, 9.17) is 5.73 Å². The fraction of sp³-hybridized carbons (Fsp3) is 0.611. The average molecular weight is 369 g/mol. The Morgan fingerprint density at radius 2 is 1.36 bits per heavy atom. The molecule has 0 aliphatic carbocycles. The SMILES string of the molecule is Cc1c(C)c(C)c(S(=O)(=O)N2CC[NH+]([C@@H](C)C(N)=O)CC2)c(C)c1C. The highest BCUT2D eigenvalue weighted by Gasteiger charge is 2.35. The first-order valence-corrected chi connectivity index (χ1v) is 10.1. The van der Waals surface area contributed by atoms with E-state index in [1.54, 1.807) is 11.2 Å². The number of nitrogens with zero attached hydrogens (tertiary/aromatic N) is 1. The number of nitrogens with one attached hydrogen (secondary N) is 1. The second-order valence-electron chi connectivity index (χ2n) is 7.14. The van der Waals surface area contributed by atoms with Gasteiger partial charge < -0.3 is 10.6 Å². The minimum absolute atomic E-state index is 0.294. The predicted octanol–water partition coefficient (Wildman–Crippen LogP) is -0.00830. The van der Waals surface area contributed by atoms with Gasteiger partial charge in [0.2, 0.25) is 10.0 Å². The van der Waals surface area contributed by atoms with Crippen LogP contribution < -0.4 is 10.6 Å². The molecule has 7 heteroatoms. The monoisotopic (exact) mass is 368 g/mol. The molecule has 0 saturated carbocycles. The number of rotatable bonds is 4. The van der Waals surface area contributed by atoms with Crippen LogP contribution in [0.1, 0.15) is 34.7 Å². The van der Waals surface area contributed by atoms with Gasteiger partial charge in [-0.1, -0.05) is 0 Å². The third kappa shape index (κ3) is 3.45. The number of amides is 1. The van der Waals surface area contributed by atoms with Gasteiger partial charge in [0.1, 0.15) is 0 Å². The molecule has 3 N–H and O–H groups in total. The quantitative estimate of drug-likeness (QED) is 0.784. The summed E-state index contributed by atoms with van der Waals surface area (Å²) < 4.78 is 28.1. The van der Waals surface area contributed by atoms with E-state index < -0.39 is 10.0 Å². The molecule has 140 valence electrons. The third-order valence-electron chi connectivity index (χ3n) is 5.93. The van der Waals surface area contributed by atoms with E-state index in [-0.39, 0.29) is 11.9 Å². The molecule has 2 rings (SSSR count). The summed E-state index contributed by atoms with van der Waals surface area (Å²) >= 11 is 0. The predicted molar refractivity (Wildman–Crippen MR) is 98.2 cm³/mol. The van der Waals surface area contributed by atoms with Crippen molar-refractivity contribution < 1.29 is 18.1 Å². The van der Waals surface area contributed by atoms with Gasteiger partial charge in [-0.15, -0.1) is 0 Å². The van der Waals surface area contributed by atoms with Crippen LogP contribution in [0.2, 0.25) is 0 Å². The lowest BCUT2D eigenvalue weighted by Gasteiger charge is -2.34. The Kier molecular flexibility index (Phi) is 5.61. The maximum absolute atomic E-state index is 13.3. The van der Waals surface area contributed by atoms with Crippen LogP contribution in [-0.2, 0) is 14.8 Å². The van der Waals surface area contributed by atoms with Crippen molar-refractivity contribution in [3.05, 3.63) is 27.8 Å². The Hall–Kier alpha value is -1.44. The summed E-state index contributed by atoms with van der Waals surface area (Å²) in [5.41, 5.74) is 10.3. The minimum Gasteiger partial charge on any atom is -0.365 e. The normalized spacial score (nSPS) is 18.3. The second-order valence-corrected chi connectivity index (χ2v) is 9.02. The molecule has 1 aliphatic heterocycles.